The highest BCUT2D eigenvalue weighted by Gasteiger charge is 2.34. The van der Waals surface area contributed by atoms with Crippen molar-refractivity contribution in [3.8, 4) is 0 Å². The van der Waals surface area contributed by atoms with Crippen LogP contribution in [0.1, 0.15) is 40.0 Å². The highest BCUT2D eigenvalue weighted by Crippen LogP contribution is 2.19. The Hall–Kier alpha value is -1.79. The van der Waals surface area contributed by atoms with Crippen molar-refractivity contribution in [3.63, 3.8) is 0 Å². The van der Waals surface area contributed by atoms with Gasteiger partial charge < -0.3 is 19.9 Å². The number of rotatable bonds is 4. The number of hydrogen-bond donors (Lipinski definition) is 1. The number of piperidine rings is 1. The molecule has 0 bridgehead atoms. The van der Waals surface area contributed by atoms with E-state index in [1.165, 1.54) is 0 Å². The molecule has 0 saturated carbocycles. The first-order valence-corrected chi connectivity index (χ1v) is 8.43. The smallest absolute Gasteiger partial charge is 0.317 e. The molecule has 130 valence electrons. The van der Waals surface area contributed by atoms with Gasteiger partial charge in [0.25, 0.3) is 0 Å². The van der Waals surface area contributed by atoms with E-state index < -0.39 is 0 Å². The van der Waals surface area contributed by atoms with Gasteiger partial charge in [0.15, 0.2) is 0 Å². The van der Waals surface area contributed by atoms with Crippen LogP contribution in [-0.4, -0.2) is 66.0 Å². The lowest BCUT2D eigenvalue weighted by atomic mass is 9.98. The second kappa shape index (κ2) is 7.66. The van der Waals surface area contributed by atoms with Crippen LogP contribution in [0.4, 0.5) is 4.79 Å². The van der Waals surface area contributed by atoms with Gasteiger partial charge in [0.1, 0.15) is 0 Å². The van der Waals surface area contributed by atoms with Gasteiger partial charge in [0, 0.05) is 32.1 Å². The van der Waals surface area contributed by atoms with Crippen molar-refractivity contribution in [2.24, 2.45) is 5.92 Å². The maximum Gasteiger partial charge on any atom is 0.317 e. The van der Waals surface area contributed by atoms with Crippen LogP contribution in [0.15, 0.2) is 0 Å². The molecule has 0 aromatic heterocycles. The average molecular weight is 325 g/mol. The second-order valence-corrected chi connectivity index (χ2v) is 6.53. The zero-order chi connectivity index (χ0) is 17.0. The molecule has 2 atom stereocenters. The molecule has 0 spiro atoms. The zero-order valence-corrected chi connectivity index (χ0v) is 14.2. The first-order chi connectivity index (χ1) is 10.9. The minimum absolute atomic E-state index is 0.0772. The Labute approximate surface area is 137 Å². The molecule has 2 unspecified atom stereocenters. The van der Waals surface area contributed by atoms with Crippen LogP contribution in [0.25, 0.3) is 0 Å². The normalized spacial score (nSPS) is 25.0. The Kier molecular flexibility index (Phi) is 5.85. The van der Waals surface area contributed by atoms with Crippen LogP contribution in [-0.2, 0) is 14.3 Å². The van der Waals surface area contributed by atoms with Gasteiger partial charge >= 0.3 is 12.0 Å². The number of urea groups is 1. The number of nitrogens with one attached hydrogen (secondary N) is 1. The van der Waals surface area contributed by atoms with Crippen molar-refractivity contribution in [1.29, 1.82) is 0 Å². The van der Waals surface area contributed by atoms with E-state index in [1.807, 2.05) is 13.8 Å². The molecule has 0 aromatic carbocycles. The van der Waals surface area contributed by atoms with E-state index in [0.29, 0.717) is 32.7 Å². The molecular weight excluding hydrogens is 298 g/mol. The van der Waals surface area contributed by atoms with Crippen molar-refractivity contribution >= 4 is 17.9 Å². The first-order valence-electron chi connectivity index (χ1n) is 8.43. The molecule has 2 aliphatic rings. The van der Waals surface area contributed by atoms with Gasteiger partial charge in [-0.2, -0.15) is 0 Å². The molecule has 2 heterocycles. The molecule has 0 radical (unpaired) electrons. The van der Waals surface area contributed by atoms with Gasteiger partial charge in [-0.25, -0.2) is 4.79 Å². The maximum atomic E-state index is 12.4. The zero-order valence-electron chi connectivity index (χ0n) is 14.2. The molecule has 2 rings (SSSR count). The van der Waals surface area contributed by atoms with Gasteiger partial charge in [-0.15, -0.1) is 0 Å². The summed E-state index contributed by atoms with van der Waals surface area (Å²) in [6.45, 7) is 7.65. The molecule has 2 aliphatic heterocycles. The summed E-state index contributed by atoms with van der Waals surface area (Å²) in [6, 6.07) is -0.199. The third-order valence-electron chi connectivity index (χ3n) is 4.44. The molecule has 7 heteroatoms. The van der Waals surface area contributed by atoms with Crippen LogP contribution in [0.5, 0.6) is 0 Å². The highest BCUT2D eigenvalue weighted by molar-refractivity contribution is 5.82. The summed E-state index contributed by atoms with van der Waals surface area (Å²) in [7, 11) is 0. The predicted octanol–water partition coefficient (Wildman–Crippen LogP) is 0.980. The minimum atomic E-state index is -0.244. The van der Waals surface area contributed by atoms with Crippen molar-refractivity contribution in [2.75, 3.05) is 26.2 Å². The number of likely N-dealkylation sites (tertiary alicyclic amines) is 2. The second-order valence-electron chi connectivity index (χ2n) is 6.53. The predicted molar refractivity (Wildman–Crippen MR) is 84.7 cm³/mol. The molecular formula is C16H27N3O4. The number of nitrogens with zero attached hydrogens (tertiary/aromatic N) is 2. The van der Waals surface area contributed by atoms with E-state index >= 15 is 0 Å². The standard InChI is InChI=1S/C16H27N3O4/c1-4-23-15(21)12-6-5-7-18(9-12)16(22)17-13-8-14(20)19(10-13)11(2)3/h11-13H,4-10H2,1-3H3,(H,17,22). The average Bonchev–Trinajstić information content (AvgIpc) is 2.88. The molecule has 0 aliphatic carbocycles. The van der Waals surface area contributed by atoms with Crippen LogP contribution in [0, 0.1) is 5.92 Å². The largest absolute Gasteiger partial charge is 0.466 e. The summed E-state index contributed by atoms with van der Waals surface area (Å²) in [5.41, 5.74) is 0. The molecule has 2 fully saturated rings. The quantitative estimate of drug-likeness (QED) is 0.782. The number of esters is 1. The molecule has 2 saturated heterocycles. The lowest BCUT2D eigenvalue weighted by Gasteiger charge is -2.32. The third kappa shape index (κ3) is 4.36. The Morgan fingerprint density at radius 3 is 2.70 bits per heavy atom. The van der Waals surface area contributed by atoms with E-state index in [-0.39, 0.29) is 35.9 Å². The maximum absolute atomic E-state index is 12.4. The molecule has 1 N–H and O–H groups in total. The van der Waals surface area contributed by atoms with Gasteiger partial charge in [-0.3, -0.25) is 9.59 Å². The van der Waals surface area contributed by atoms with Gasteiger partial charge in [-0.05, 0) is 33.6 Å². The molecule has 23 heavy (non-hydrogen) atoms. The van der Waals surface area contributed by atoms with Gasteiger partial charge in [-0.1, -0.05) is 0 Å². The summed E-state index contributed by atoms with van der Waals surface area (Å²) < 4.78 is 5.05. The van der Waals surface area contributed by atoms with E-state index in [9.17, 15) is 14.4 Å². The number of hydrogen-bond acceptors (Lipinski definition) is 4. The van der Waals surface area contributed by atoms with E-state index in [2.05, 4.69) is 5.32 Å². The summed E-state index contributed by atoms with van der Waals surface area (Å²) >= 11 is 0. The summed E-state index contributed by atoms with van der Waals surface area (Å²) in [5, 5.41) is 2.93. The lowest BCUT2D eigenvalue weighted by molar-refractivity contribution is -0.149. The molecule has 0 aromatic rings. The lowest BCUT2D eigenvalue weighted by Crippen LogP contribution is -2.50. The van der Waals surface area contributed by atoms with Crippen LogP contribution in [0.2, 0.25) is 0 Å². The fourth-order valence-electron chi connectivity index (χ4n) is 3.21. The fraction of sp³-hybridized carbons (Fsp3) is 0.812. The van der Waals surface area contributed by atoms with Crippen LogP contribution in [0.3, 0.4) is 0 Å². The SMILES string of the molecule is CCOC(=O)C1CCCN(C(=O)NC2CC(=O)N(C(C)C)C2)C1. The van der Waals surface area contributed by atoms with Crippen molar-refractivity contribution in [1.82, 2.24) is 15.1 Å². The van der Waals surface area contributed by atoms with Crippen molar-refractivity contribution in [2.45, 2.75) is 52.1 Å². The number of ether oxygens (including phenoxy) is 1. The Balaban J connectivity index is 1.86. The molecule has 7 nitrogen and oxygen atoms in total. The molecule has 3 amide bonds. The fourth-order valence-corrected chi connectivity index (χ4v) is 3.21. The first kappa shape index (κ1) is 17.6. The summed E-state index contributed by atoms with van der Waals surface area (Å²) in [4.78, 5) is 39.6. The van der Waals surface area contributed by atoms with Crippen LogP contribution >= 0.6 is 0 Å². The monoisotopic (exact) mass is 325 g/mol. The summed E-state index contributed by atoms with van der Waals surface area (Å²) in [5.74, 6) is -0.396. The van der Waals surface area contributed by atoms with Crippen molar-refractivity contribution in [3.05, 3.63) is 0 Å². The minimum Gasteiger partial charge on any atom is -0.466 e. The third-order valence-corrected chi connectivity index (χ3v) is 4.44. The van der Waals surface area contributed by atoms with E-state index in [1.54, 1.807) is 16.7 Å². The topological polar surface area (TPSA) is 79.0 Å². The summed E-state index contributed by atoms with van der Waals surface area (Å²) in [6.07, 6.45) is 1.89. The van der Waals surface area contributed by atoms with Crippen molar-refractivity contribution < 1.29 is 19.1 Å². The number of carbonyl (C=O) groups is 3. The Morgan fingerprint density at radius 1 is 1.35 bits per heavy atom. The van der Waals surface area contributed by atoms with Gasteiger partial charge in [0.05, 0.1) is 18.6 Å². The highest BCUT2D eigenvalue weighted by atomic mass is 16.5. The van der Waals surface area contributed by atoms with Crippen LogP contribution < -0.4 is 5.32 Å². The number of carbonyl (C=O) groups excluding carboxylic acids is 3. The Bertz CT molecular complexity index is 466. The van der Waals surface area contributed by atoms with E-state index in [0.717, 1.165) is 12.8 Å². The van der Waals surface area contributed by atoms with E-state index in [4.69, 9.17) is 4.74 Å². The van der Waals surface area contributed by atoms with Gasteiger partial charge in [0.2, 0.25) is 5.91 Å². The number of amides is 3. The Morgan fingerprint density at radius 2 is 2.09 bits per heavy atom.